The van der Waals surface area contributed by atoms with Crippen LogP contribution in [0.15, 0.2) is 42.5 Å². The number of carboxylic acid groups (broad SMARTS) is 1. The van der Waals surface area contributed by atoms with Gasteiger partial charge in [0.15, 0.2) is 0 Å². The first kappa shape index (κ1) is 16.8. The molecule has 2 N–H and O–H groups in total. The van der Waals surface area contributed by atoms with Gasteiger partial charge in [-0.05, 0) is 47.7 Å². The quantitative estimate of drug-likeness (QED) is 0.893. The Hall–Kier alpha value is -2.66. The number of nitrogens with zero attached hydrogens (tertiary/aromatic N) is 1. The smallest absolute Gasteiger partial charge is 0.335 e. The molecule has 5 heteroatoms. The summed E-state index contributed by atoms with van der Waals surface area (Å²) in [5, 5.41) is 12.3. The summed E-state index contributed by atoms with van der Waals surface area (Å²) in [6.45, 7) is 5.12. The summed E-state index contributed by atoms with van der Waals surface area (Å²) in [4.78, 5) is 25.9. The van der Waals surface area contributed by atoms with Crippen molar-refractivity contribution in [2.24, 2.45) is 5.92 Å². The highest BCUT2D eigenvalue weighted by molar-refractivity contribution is 5.96. The molecule has 0 saturated carbocycles. The van der Waals surface area contributed by atoms with E-state index < -0.39 is 5.97 Å². The van der Waals surface area contributed by atoms with Crippen molar-refractivity contribution in [3.8, 4) is 0 Å². The van der Waals surface area contributed by atoms with Gasteiger partial charge in [-0.1, -0.05) is 24.3 Å². The van der Waals surface area contributed by atoms with Crippen LogP contribution in [-0.2, 0) is 6.54 Å². The van der Waals surface area contributed by atoms with Crippen molar-refractivity contribution >= 4 is 11.9 Å². The van der Waals surface area contributed by atoms with Crippen molar-refractivity contribution in [2.45, 2.75) is 19.4 Å². The zero-order chi connectivity index (χ0) is 18.3. The Morgan fingerprint density at radius 1 is 1.23 bits per heavy atom. The molecular formula is C21H22N2O3. The summed E-state index contributed by atoms with van der Waals surface area (Å²) in [5.74, 6) is -0.162. The van der Waals surface area contributed by atoms with Gasteiger partial charge in [-0.15, -0.1) is 0 Å². The number of benzene rings is 2. The maximum Gasteiger partial charge on any atom is 0.335 e. The van der Waals surface area contributed by atoms with Crippen molar-refractivity contribution < 1.29 is 14.7 Å². The number of aromatic carboxylic acids is 1. The molecule has 5 nitrogen and oxygen atoms in total. The second-order valence-corrected chi connectivity index (χ2v) is 7.37. The summed E-state index contributed by atoms with van der Waals surface area (Å²) >= 11 is 0. The fourth-order valence-corrected chi connectivity index (χ4v) is 4.33. The number of carbonyl (C=O) groups is 2. The maximum absolute atomic E-state index is 12.3. The highest BCUT2D eigenvalue weighted by atomic mass is 16.4. The number of aryl methyl sites for hydroxylation is 1. The molecule has 2 unspecified atom stereocenters. The Bertz CT molecular complexity index is 877. The topological polar surface area (TPSA) is 69.6 Å². The van der Waals surface area contributed by atoms with Crippen LogP contribution in [0.2, 0.25) is 0 Å². The summed E-state index contributed by atoms with van der Waals surface area (Å²) in [7, 11) is 0. The van der Waals surface area contributed by atoms with Crippen LogP contribution >= 0.6 is 0 Å². The number of amides is 1. The SMILES string of the molecule is Cc1cc(CN2CC3CNC(=O)c4ccccc4C3C2)cc(C(=O)O)c1. The fourth-order valence-electron chi connectivity index (χ4n) is 4.33. The lowest BCUT2D eigenvalue weighted by atomic mass is 9.87. The molecule has 2 atom stereocenters. The number of hydrogen-bond acceptors (Lipinski definition) is 3. The Morgan fingerprint density at radius 3 is 2.85 bits per heavy atom. The average molecular weight is 350 g/mol. The minimum absolute atomic E-state index is 0.0198. The number of likely N-dealkylation sites (tertiary alicyclic amines) is 1. The minimum Gasteiger partial charge on any atom is -0.478 e. The Morgan fingerprint density at radius 2 is 2.04 bits per heavy atom. The van der Waals surface area contributed by atoms with E-state index in [0.717, 1.165) is 41.9 Å². The zero-order valence-electron chi connectivity index (χ0n) is 14.7. The van der Waals surface area contributed by atoms with Gasteiger partial charge in [0.1, 0.15) is 0 Å². The molecule has 26 heavy (non-hydrogen) atoms. The third-order valence-corrected chi connectivity index (χ3v) is 5.44. The summed E-state index contributed by atoms with van der Waals surface area (Å²) in [6, 6.07) is 13.4. The van der Waals surface area contributed by atoms with E-state index in [0.29, 0.717) is 23.9 Å². The van der Waals surface area contributed by atoms with Crippen LogP contribution in [-0.4, -0.2) is 41.5 Å². The molecule has 2 heterocycles. The van der Waals surface area contributed by atoms with E-state index in [1.54, 1.807) is 12.1 Å². The fraction of sp³-hybridized carbons (Fsp3) is 0.333. The van der Waals surface area contributed by atoms with Crippen LogP contribution in [0.1, 0.15) is 43.3 Å². The number of carboxylic acids is 1. The molecule has 0 bridgehead atoms. The molecule has 0 aliphatic carbocycles. The minimum atomic E-state index is -0.891. The van der Waals surface area contributed by atoms with E-state index in [4.69, 9.17) is 0 Å². The Balaban J connectivity index is 1.57. The Labute approximate surface area is 152 Å². The molecule has 1 saturated heterocycles. The number of nitrogens with one attached hydrogen (secondary N) is 1. The molecular weight excluding hydrogens is 328 g/mol. The Kier molecular flexibility index (Phi) is 4.24. The lowest BCUT2D eigenvalue weighted by Gasteiger charge is -2.18. The summed E-state index contributed by atoms with van der Waals surface area (Å²) in [5.41, 5.74) is 4.24. The van der Waals surface area contributed by atoms with Gasteiger partial charge >= 0.3 is 5.97 Å². The molecule has 0 radical (unpaired) electrons. The molecule has 134 valence electrons. The standard InChI is InChI=1S/C21H22N2O3/c1-13-6-14(8-15(7-13)21(25)26)10-23-11-16-9-22-20(24)18-5-3-2-4-17(18)19(16)12-23/h2-8,16,19H,9-12H2,1H3,(H,22,24)(H,25,26). The summed E-state index contributed by atoms with van der Waals surface area (Å²) in [6.07, 6.45) is 0. The van der Waals surface area contributed by atoms with Gasteiger partial charge in [-0.25, -0.2) is 4.79 Å². The zero-order valence-corrected chi connectivity index (χ0v) is 14.7. The average Bonchev–Trinajstić information content (AvgIpc) is 2.96. The number of carbonyl (C=O) groups excluding carboxylic acids is 1. The van der Waals surface area contributed by atoms with Crippen molar-refractivity contribution in [1.82, 2.24) is 10.2 Å². The van der Waals surface area contributed by atoms with Crippen LogP contribution in [0, 0.1) is 12.8 Å². The third kappa shape index (κ3) is 3.10. The van der Waals surface area contributed by atoms with E-state index in [1.165, 1.54) is 0 Å². The molecule has 0 aromatic heterocycles. The van der Waals surface area contributed by atoms with Gasteiger partial charge in [0.2, 0.25) is 0 Å². The van der Waals surface area contributed by atoms with Crippen LogP contribution < -0.4 is 5.32 Å². The van der Waals surface area contributed by atoms with E-state index >= 15 is 0 Å². The molecule has 1 amide bonds. The highest BCUT2D eigenvalue weighted by Gasteiger charge is 2.37. The van der Waals surface area contributed by atoms with Gasteiger partial charge in [0.25, 0.3) is 5.91 Å². The van der Waals surface area contributed by atoms with Crippen molar-refractivity contribution in [3.63, 3.8) is 0 Å². The highest BCUT2D eigenvalue weighted by Crippen LogP contribution is 2.36. The van der Waals surface area contributed by atoms with E-state index in [2.05, 4.69) is 22.3 Å². The van der Waals surface area contributed by atoms with Gasteiger partial charge in [0, 0.05) is 37.7 Å². The lowest BCUT2D eigenvalue weighted by molar-refractivity contribution is 0.0696. The first-order valence-electron chi connectivity index (χ1n) is 8.94. The molecule has 2 aromatic rings. The van der Waals surface area contributed by atoms with E-state index in [-0.39, 0.29) is 5.91 Å². The summed E-state index contributed by atoms with van der Waals surface area (Å²) < 4.78 is 0. The van der Waals surface area contributed by atoms with Gasteiger partial charge in [0.05, 0.1) is 5.56 Å². The number of rotatable bonds is 3. The first-order chi connectivity index (χ1) is 12.5. The largest absolute Gasteiger partial charge is 0.478 e. The predicted octanol–water partition coefficient (Wildman–Crippen LogP) is 2.65. The van der Waals surface area contributed by atoms with Gasteiger partial charge in [-0.3, -0.25) is 9.69 Å². The molecule has 2 aromatic carbocycles. The molecule has 2 aliphatic heterocycles. The van der Waals surface area contributed by atoms with Crippen LogP contribution in [0.25, 0.3) is 0 Å². The second-order valence-electron chi connectivity index (χ2n) is 7.37. The van der Waals surface area contributed by atoms with Crippen LogP contribution in [0.3, 0.4) is 0 Å². The second kappa shape index (κ2) is 6.57. The van der Waals surface area contributed by atoms with Crippen LogP contribution in [0.4, 0.5) is 0 Å². The van der Waals surface area contributed by atoms with Crippen LogP contribution in [0.5, 0.6) is 0 Å². The van der Waals surface area contributed by atoms with Gasteiger partial charge < -0.3 is 10.4 Å². The number of fused-ring (bicyclic) bond motifs is 3. The van der Waals surface area contributed by atoms with Crippen molar-refractivity contribution in [3.05, 3.63) is 70.3 Å². The lowest BCUT2D eigenvalue weighted by Crippen LogP contribution is -2.29. The molecule has 2 aliphatic rings. The van der Waals surface area contributed by atoms with E-state index in [1.807, 2.05) is 25.1 Å². The first-order valence-corrected chi connectivity index (χ1v) is 8.94. The number of hydrogen-bond donors (Lipinski definition) is 2. The monoisotopic (exact) mass is 350 g/mol. The predicted molar refractivity (Wildman–Crippen MR) is 98.4 cm³/mol. The molecule has 4 rings (SSSR count). The molecule has 1 fully saturated rings. The maximum atomic E-state index is 12.3. The van der Waals surface area contributed by atoms with Gasteiger partial charge in [-0.2, -0.15) is 0 Å². The van der Waals surface area contributed by atoms with E-state index in [9.17, 15) is 14.7 Å². The molecule has 0 spiro atoms. The van der Waals surface area contributed by atoms with Crippen molar-refractivity contribution in [2.75, 3.05) is 19.6 Å². The van der Waals surface area contributed by atoms with Crippen molar-refractivity contribution in [1.29, 1.82) is 0 Å². The third-order valence-electron chi connectivity index (χ3n) is 5.44. The normalized spacial score (nSPS) is 22.3.